The van der Waals surface area contributed by atoms with Crippen molar-refractivity contribution in [3.05, 3.63) is 89.5 Å². The van der Waals surface area contributed by atoms with E-state index in [0.717, 1.165) is 28.3 Å². The summed E-state index contributed by atoms with van der Waals surface area (Å²) in [6.45, 7) is 7.76. The fraction of sp³-hybridized carbons (Fsp3) is 0.375. The molecule has 0 aliphatic heterocycles. The molecule has 0 aliphatic rings. The predicted octanol–water partition coefficient (Wildman–Crippen LogP) is 5.23. The average Bonchev–Trinajstić information content (AvgIpc) is 2.96. The monoisotopic (exact) mass is 579 g/mol. The number of hydrogen-bond donors (Lipinski definition) is 1. The van der Waals surface area contributed by atoms with Gasteiger partial charge in [-0.3, -0.25) is 13.9 Å². The third-order valence-corrected chi connectivity index (χ3v) is 8.77. The van der Waals surface area contributed by atoms with Crippen LogP contribution in [-0.4, -0.2) is 51.4 Å². The zero-order valence-electron chi connectivity index (χ0n) is 24.6. The predicted molar refractivity (Wildman–Crippen MR) is 162 cm³/mol. The van der Waals surface area contributed by atoms with E-state index in [-0.39, 0.29) is 17.3 Å². The van der Waals surface area contributed by atoms with E-state index in [9.17, 15) is 18.0 Å². The average molecular weight is 580 g/mol. The molecule has 9 heteroatoms. The maximum absolute atomic E-state index is 14.1. The Hall–Kier alpha value is -3.85. The summed E-state index contributed by atoms with van der Waals surface area (Å²) < 4.78 is 34.4. The minimum Gasteiger partial charge on any atom is -0.497 e. The third-order valence-electron chi connectivity index (χ3n) is 7.00. The summed E-state index contributed by atoms with van der Waals surface area (Å²) in [6.07, 6.45) is 2.12. The van der Waals surface area contributed by atoms with Gasteiger partial charge in [-0.15, -0.1) is 0 Å². The van der Waals surface area contributed by atoms with Gasteiger partial charge in [-0.1, -0.05) is 68.3 Å². The van der Waals surface area contributed by atoms with Gasteiger partial charge in [0.1, 0.15) is 18.3 Å². The van der Waals surface area contributed by atoms with E-state index in [1.54, 1.807) is 55.6 Å². The molecule has 0 heterocycles. The second-order valence-corrected chi connectivity index (χ2v) is 11.9. The van der Waals surface area contributed by atoms with Gasteiger partial charge in [0.25, 0.3) is 10.0 Å². The van der Waals surface area contributed by atoms with Crippen LogP contribution in [0.4, 0.5) is 5.69 Å². The van der Waals surface area contributed by atoms with Crippen LogP contribution >= 0.6 is 0 Å². The molecule has 1 unspecified atom stereocenters. The van der Waals surface area contributed by atoms with Crippen LogP contribution in [0.2, 0.25) is 0 Å². The van der Waals surface area contributed by atoms with Crippen LogP contribution in [0.25, 0.3) is 0 Å². The zero-order chi connectivity index (χ0) is 30.0. The normalized spacial score (nSPS) is 11.9. The zero-order valence-corrected chi connectivity index (χ0v) is 25.4. The van der Waals surface area contributed by atoms with Gasteiger partial charge in [-0.2, -0.15) is 0 Å². The number of methoxy groups -OCH3 is 1. The smallest absolute Gasteiger partial charge is 0.264 e. The van der Waals surface area contributed by atoms with Crippen molar-refractivity contribution < 1.29 is 22.7 Å². The largest absolute Gasteiger partial charge is 0.497 e. The number of ether oxygens (including phenoxy) is 1. The molecule has 0 radical (unpaired) electrons. The van der Waals surface area contributed by atoms with Crippen molar-refractivity contribution in [2.24, 2.45) is 0 Å². The number of unbranched alkanes of at least 4 members (excludes halogenated alkanes) is 1. The number of para-hydroxylation sites is 1. The highest BCUT2D eigenvalue weighted by atomic mass is 32.2. The van der Waals surface area contributed by atoms with Crippen LogP contribution in [0.3, 0.4) is 0 Å². The molecule has 0 aliphatic carbocycles. The van der Waals surface area contributed by atoms with Gasteiger partial charge in [0.05, 0.1) is 17.7 Å². The van der Waals surface area contributed by atoms with Gasteiger partial charge < -0.3 is 15.0 Å². The van der Waals surface area contributed by atoms with Gasteiger partial charge in [0, 0.05) is 13.1 Å². The number of nitrogens with zero attached hydrogens (tertiary/aromatic N) is 2. The maximum Gasteiger partial charge on any atom is 0.264 e. The van der Waals surface area contributed by atoms with E-state index in [1.807, 2.05) is 52.0 Å². The van der Waals surface area contributed by atoms with Crippen molar-refractivity contribution in [3.8, 4) is 5.75 Å². The molecule has 0 fully saturated rings. The number of benzene rings is 3. The molecule has 0 bridgehead atoms. The van der Waals surface area contributed by atoms with Gasteiger partial charge >= 0.3 is 0 Å². The Morgan fingerprint density at radius 1 is 0.927 bits per heavy atom. The first-order valence-electron chi connectivity index (χ1n) is 14.0. The number of aryl methyl sites for hydroxylation is 2. The summed E-state index contributed by atoms with van der Waals surface area (Å²) in [5.41, 5.74) is 2.84. The Kier molecular flexibility index (Phi) is 11.3. The van der Waals surface area contributed by atoms with Crippen LogP contribution in [-0.2, 0) is 26.2 Å². The Balaban J connectivity index is 2.04. The standard InChI is InChI=1S/C32H41N3O5S/c1-6-8-21-33-32(37)29(7-2)34(22-26-15-17-27(40-5)18-16-26)31(36)23-35(30-12-10-9-11-25(30)4)41(38,39)28-19-13-24(3)14-20-28/h9-20,29H,6-8,21-23H2,1-5H3,(H,33,37). The number of nitrogens with one attached hydrogen (secondary N) is 1. The molecule has 220 valence electrons. The maximum atomic E-state index is 14.1. The highest BCUT2D eigenvalue weighted by molar-refractivity contribution is 7.92. The van der Waals surface area contributed by atoms with Crippen molar-refractivity contribution in [1.82, 2.24) is 10.2 Å². The van der Waals surface area contributed by atoms with E-state index in [4.69, 9.17) is 4.74 Å². The fourth-order valence-electron chi connectivity index (χ4n) is 4.55. The molecule has 0 saturated carbocycles. The molecule has 8 nitrogen and oxygen atoms in total. The molecule has 0 saturated heterocycles. The summed E-state index contributed by atoms with van der Waals surface area (Å²) in [7, 11) is -2.53. The number of rotatable bonds is 14. The van der Waals surface area contributed by atoms with Gasteiger partial charge in [-0.25, -0.2) is 8.42 Å². The fourth-order valence-corrected chi connectivity index (χ4v) is 6.03. The summed E-state index contributed by atoms with van der Waals surface area (Å²) in [5, 5.41) is 2.94. The van der Waals surface area contributed by atoms with E-state index < -0.39 is 28.5 Å². The summed E-state index contributed by atoms with van der Waals surface area (Å²) in [6, 6.07) is 20.1. The number of carbonyl (C=O) groups is 2. The van der Waals surface area contributed by atoms with Crippen molar-refractivity contribution in [2.75, 3.05) is 24.5 Å². The molecular weight excluding hydrogens is 538 g/mol. The van der Waals surface area contributed by atoms with Gasteiger partial charge in [-0.05, 0) is 68.1 Å². The van der Waals surface area contributed by atoms with E-state index in [0.29, 0.717) is 30.0 Å². The summed E-state index contributed by atoms with van der Waals surface area (Å²) >= 11 is 0. The summed E-state index contributed by atoms with van der Waals surface area (Å²) in [4.78, 5) is 29.0. The topological polar surface area (TPSA) is 96.0 Å². The van der Waals surface area contributed by atoms with Gasteiger partial charge in [0.15, 0.2) is 0 Å². The highest BCUT2D eigenvalue weighted by Gasteiger charge is 2.34. The minimum atomic E-state index is -4.11. The number of carbonyl (C=O) groups excluding carboxylic acids is 2. The van der Waals surface area contributed by atoms with E-state index in [2.05, 4.69) is 5.32 Å². The Bertz CT molecular complexity index is 1410. The highest BCUT2D eigenvalue weighted by Crippen LogP contribution is 2.28. The first kappa shape index (κ1) is 31.7. The van der Waals surface area contributed by atoms with E-state index >= 15 is 0 Å². The number of anilines is 1. The van der Waals surface area contributed by atoms with E-state index in [1.165, 1.54) is 4.90 Å². The molecule has 3 rings (SSSR count). The molecule has 0 aromatic heterocycles. The van der Waals surface area contributed by atoms with Crippen molar-refractivity contribution in [1.29, 1.82) is 0 Å². The SMILES string of the molecule is CCCCNC(=O)C(CC)N(Cc1ccc(OC)cc1)C(=O)CN(c1ccccc1C)S(=O)(=O)c1ccc(C)cc1. The number of hydrogen-bond acceptors (Lipinski definition) is 5. The first-order valence-corrected chi connectivity index (χ1v) is 15.4. The molecule has 2 amide bonds. The third kappa shape index (κ3) is 8.10. The molecule has 3 aromatic rings. The molecular formula is C32H41N3O5S. The van der Waals surface area contributed by atoms with Gasteiger partial charge in [0.2, 0.25) is 11.8 Å². The van der Waals surface area contributed by atoms with Crippen LogP contribution < -0.4 is 14.4 Å². The lowest BCUT2D eigenvalue weighted by atomic mass is 10.1. The Morgan fingerprint density at radius 2 is 1.59 bits per heavy atom. The van der Waals surface area contributed by atoms with Crippen LogP contribution in [0.5, 0.6) is 5.75 Å². The van der Waals surface area contributed by atoms with Crippen molar-refractivity contribution in [3.63, 3.8) is 0 Å². The lowest BCUT2D eigenvalue weighted by Gasteiger charge is -2.33. The molecule has 1 atom stereocenters. The van der Waals surface area contributed by atoms with Crippen molar-refractivity contribution in [2.45, 2.75) is 64.4 Å². The molecule has 3 aromatic carbocycles. The van der Waals surface area contributed by atoms with Crippen LogP contribution in [0, 0.1) is 13.8 Å². The lowest BCUT2D eigenvalue weighted by Crippen LogP contribution is -2.52. The Labute approximate surface area is 244 Å². The number of amides is 2. The number of sulfonamides is 1. The first-order chi connectivity index (χ1) is 19.6. The second kappa shape index (κ2) is 14.7. The second-order valence-electron chi connectivity index (χ2n) is 10.0. The summed E-state index contributed by atoms with van der Waals surface area (Å²) in [5.74, 6) is -0.0604. The molecule has 41 heavy (non-hydrogen) atoms. The minimum absolute atomic E-state index is 0.0882. The lowest BCUT2D eigenvalue weighted by molar-refractivity contribution is -0.140. The van der Waals surface area contributed by atoms with Crippen molar-refractivity contribution >= 4 is 27.5 Å². The molecule has 0 spiro atoms. The van der Waals surface area contributed by atoms with Crippen LogP contribution in [0.15, 0.2) is 77.7 Å². The Morgan fingerprint density at radius 3 is 2.17 bits per heavy atom. The molecule has 1 N–H and O–H groups in total. The van der Waals surface area contributed by atoms with Crippen LogP contribution in [0.1, 0.15) is 49.8 Å². The quantitative estimate of drug-likeness (QED) is 0.264.